The zero-order valence-electron chi connectivity index (χ0n) is 16.4. The van der Waals surface area contributed by atoms with Gasteiger partial charge in [-0.3, -0.25) is 4.79 Å². The molecule has 1 aliphatic heterocycles. The van der Waals surface area contributed by atoms with Gasteiger partial charge in [0.05, 0.1) is 0 Å². The van der Waals surface area contributed by atoms with Crippen molar-refractivity contribution in [3.05, 3.63) is 89.6 Å². The number of fused-ring (bicyclic) bond motifs is 2. The number of allylic oxidation sites excluding steroid dienone is 2. The van der Waals surface area contributed by atoms with Crippen LogP contribution in [-0.4, -0.2) is 20.5 Å². The Kier molecular flexibility index (Phi) is 3.81. The summed E-state index contributed by atoms with van der Waals surface area (Å²) in [5.41, 5.74) is 3.86. The summed E-state index contributed by atoms with van der Waals surface area (Å²) in [6, 6.07) is 24.3. The highest BCUT2D eigenvalue weighted by molar-refractivity contribution is 5.99. The van der Waals surface area contributed by atoms with E-state index in [1.807, 2.05) is 41.1 Å². The van der Waals surface area contributed by atoms with E-state index in [4.69, 9.17) is 10.1 Å². The molecule has 4 aromatic rings. The van der Waals surface area contributed by atoms with E-state index in [2.05, 4.69) is 41.7 Å². The average molecular weight is 392 g/mol. The van der Waals surface area contributed by atoms with Crippen molar-refractivity contribution in [2.45, 2.75) is 25.3 Å². The van der Waals surface area contributed by atoms with E-state index in [9.17, 15) is 4.79 Å². The summed E-state index contributed by atoms with van der Waals surface area (Å²) in [4.78, 5) is 17.8. The molecule has 146 valence electrons. The molecule has 0 saturated carbocycles. The van der Waals surface area contributed by atoms with Gasteiger partial charge in [0.25, 0.3) is 0 Å². The third-order valence-corrected chi connectivity index (χ3v) is 6.01. The largest absolute Gasteiger partial charge is 0.328 e. The molecule has 1 unspecified atom stereocenters. The van der Waals surface area contributed by atoms with Gasteiger partial charge in [-0.25, -0.2) is 4.68 Å². The van der Waals surface area contributed by atoms with Crippen molar-refractivity contribution >= 4 is 22.5 Å². The smallest absolute Gasteiger partial charge is 0.226 e. The second kappa shape index (κ2) is 6.66. The summed E-state index contributed by atoms with van der Waals surface area (Å²) in [7, 11) is 0. The number of carbonyl (C=O) groups excluding carboxylic acids is 1. The molecule has 2 heterocycles. The van der Waals surface area contributed by atoms with E-state index in [0.29, 0.717) is 18.2 Å². The number of carbonyl (C=O) groups is 1. The van der Waals surface area contributed by atoms with Crippen LogP contribution in [0.2, 0.25) is 0 Å². The summed E-state index contributed by atoms with van der Waals surface area (Å²) < 4.78 is 1.88. The lowest BCUT2D eigenvalue weighted by Crippen LogP contribution is -2.31. The zero-order chi connectivity index (χ0) is 20.1. The highest BCUT2D eigenvalue weighted by Gasteiger charge is 2.36. The fourth-order valence-electron chi connectivity index (χ4n) is 4.63. The van der Waals surface area contributed by atoms with Crippen molar-refractivity contribution in [1.29, 1.82) is 0 Å². The lowest BCUT2D eigenvalue weighted by Gasteiger charge is -2.32. The number of aromatic nitrogens is 3. The minimum Gasteiger partial charge on any atom is -0.328 e. The molecule has 5 nitrogen and oxygen atoms in total. The van der Waals surface area contributed by atoms with E-state index in [1.165, 1.54) is 0 Å². The predicted molar refractivity (Wildman–Crippen MR) is 117 cm³/mol. The minimum absolute atomic E-state index is 0.200. The maximum absolute atomic E-state index is 12.9. The monoisotopic (exact) mass is 392 g/mol. The fourth-order valence-corrected chi connectivity index (χ4v) is 4.63. The zero-order valence-corrected chi connectivity index (χ0v) is 16.4. The van der Waals surface area contributed by atoms with Crippen LogP contribution in [0.5, 0.6) is 0 Å². The molecule has 1 aliphatic carbocycles. The maximum atomic E-state index is 12.9. The topological polar surface area (TPSA) is 59.8 Å². The van der Waals surface area contributed by atoms with Gasteiger partial charge in [0, 0.05) is 23.3 Å². The second-order valence-electron chi connectivity index (χ2n) is 7.84. The highest BCUT2D eigenvalue weighted by atomic mass is 16.1. The van der Waals surface area contributed by atoms with Crippen LogP contribution in [0.15, 0.2) is 84.1 Å². The Labute approximate surface area is 174 Å². The van der Waals surface area contributed by atoms with Gasteiger partial charge in [0.15, 0.2) is 11.6 Å². The van der Waals surface area contributed by atoms with Crippen molar-refractivity contribution in [3.8, 4) is 11.4 Å². The minimum atomic E-state index is -0.249. The molecule has 1 aromatic heterocycles. The van der Waals surface area contributed by atoms with Gasteiger partial charge < -0.3 is 5.32 Å². The number of rotatable bonds is 2. The molecular formula is C25H20N4O. The van der Waals surface area contributed by atoms with Gasteiger partial charge in [-0.1, -0.05) is 72.8 Å². The molecule has 1 atom stereocenters. The molecule has 0 radical (unpaired) electrons. The van der Waals surface area contributed by atoms with E-state index < -0.39 is 0 Å². The molecule has 1 N–H and O–H groups in total. The number of benzene rings is 3. The molecular weight excluding hydrogens is 372 g/mol. The number of Topliss-reactive ketones (excluding diaryl/α,β-unsaturated/α-hetero) is 1. The number of nitrogens with one attached hydrogen (secondary N) is 1. The lowest BCUT2D eigenvalue weighted by atomic mass is 9.85. The average Bonchev–Trinajstić information content (AvgIpc) is 3.21. The molecule has 0 bridgehead atoms. The first-order valence-electron chi connectivity index (χ1n) is 10.3. The summed E-state index contributed by atoms with van der Waals surface area (Å²) in [6.45, 7) is 0. The van der Waals surface area contributed by atoms with Gasteiger partial charge in [0.2, 0.25) is 5.95 Å². The van der Waals surface area contributed by atoms with Crippen molar-refractivity contribution in [2.24, 2.45) is 0 Å². The van der Waals surface area contributed by atoms with E-state index in [0.717, 1.165) is 46.0 Å². The Morgan fingerprint density at radius 3 is 2.60 bits per heavy atom. The molecule has 3 aromatic carbocycles. The SMILES string of the molecule is O=C1CCCC2=C1C(c1ccccc1)n1nc(-c3cccc4ccccc34)nc1N2. The van der Waals surface area contributed by atoms with Gasteiger partial charge in [-0.15, -0.1) is 5.10 Å². The van der Waals surface area contributed by atoms with E-state index >= 15 is 0 Å². The quantitative estimate of drug-likeness (QED) is 0.514. The van der Waals surface area contributed by atoms with E-state index in [1.54, 1.807) is 0 Å². The van der Waals surface area contributed by atoms with Crippen molar-refractivity contribution in [3.63, 3.8) is 0 Å². The highest BCUT2D eigenvalue weighted by Crippen LogP contribution is 2.41. The van der Waals surface area contributed by atoms with Crippen LogP contribution in [0.1, 0.15) is 30.9 Å². The van der Waals surface area contributed by atoms with Crippen molar-refractivity contribution < 1.29 is 4.79 Å². The lowest BCUT2D eigenvalue weighted by molar-refractivity contribution is -0.116. The van der Waals surface area contributed by atoms with E-state index in [-0.39, 0.29) is 11.8 Å². The van der Waals surface area contributed by atoms with Crippen molar-refractivity contribution in [1.82, 2.24) is 14.8 Å². The molecule has 2 aliphatic rings. The summed E-state index contributed by atoms with van der Waals surface area (Å²) >= 11 is 0. The van der Waals surface area contributed by atoms with Crippen LogP contribution < -0.4 is 5.32 Å². The van der Waals surface area contributed by atoms with Crippen LogP contribution in [-0.2, 0) is 4.79 Å². The Bertz CT molecular complexity index is 1310. The second-order valence-corrected chi connectivity index (χ2v) is 7.84. The summed E-state index contributed by atoms with van der Waals surface area (Å²) in [5.74, 6) is 1.56. The van der Waals surface area contributed by atoms with Gasteiger partial charge in [-0.2, -0.15) is 4.98 Å². The van der Waals surface area contributed by atoms with Gasteiger partial charge >= 0.3 is 0 Å². The summed E-state index contributed by atoms with van der Waals surface area (Å²) in [5, 5.41) is 10.6. The number of ketones is 1. The standard InChI is InChI=1S/C25H20N4O/c30-21-15-7-14-20-22(21)23(17-9-2-1-3-10-17)29-25(26-20)27-24(28-29)19-13-6-11-16-8-4-5-12-18(16)19/h1-6,8-13,23H,7,14-15H2,(H,26,27,28). The first-order chi connectivity index (χ1) is 14.8. The van der Waals surface area contributed by atoms with Gasteiger partial charge in [0.1, 0.15) is 6.04 Å². The predicted octanol–water partition coefficient (Wildman–Crippen LogP) is 5.12. The number of hydrogen-bond donors (Lipinski definition) is 1. The van der Waals surface area contributed by atoms with Crippen LogP contribution in [0.3, 0.4) is 0 Å². The third kappa shape index (κ3) is 2.59. The third-order valence-electron chi connectivity index (χ3n) is 6.01. The normalized spacial score (nSPS) is 18.1. The summed E-state index contributed by atoms with van der Waals surface area (Å²) in [6.07, 6.45) is 2.32. The number of anilines is 1. The molecule has 30 heavy (non-hydrogen) atoms. The molecule has 6 rings (SSSR count). The first-order valence-corrected chi connectivity index (χ1v) is 10.3. The van der Waals surface area contributed by atoms with Gasteiger partial charge in [-0.05, 0) is 29.2 Å². The number of hydrogen-bond acceptors (Lipinski definition) is 4. The van der Waals surface area contributed by atoms with Crippen LogP contribution in [0.25, 0.3) is 22.2 Å². The Morgan fingerprint density at radius 2 is 1.70 bits per heavy atom. The molecule has 5 heteroatoms. The molecule has 0 saturated heterocycles. The first kappa shape index (κ1) is 17.2. The van der Waals surface area contributed by atoms with Crippen LogP contribution >= 0.6 is 0 Å². The Balaban J connectivity index is 1.56. The molecule has 0 spiro atoms. The van der Waals surface area contributed by atoms with Crippen LogP contribution in [0, 0.1) is 0 Å². The Morgan fingerprint density at radius 1 is 0.900 bits per heavy atom. The molecule has 0 fully saturated rings. The number of nitrogens with zero attached hydrogens (tertiary/aromatic N) is 3. The fraction of sp³-hybridized carbons (Fsp3) is 0.160. The van der Waals surface area contributed by atoms with Crippen LogP contribution in [0.4, 0.5) is 5.95 Å². The molecule has 0 amide bonds. The maximum Gasteiger partial charge on any atom is 0.226 e. The Hall–Kier alpha value is -3.73. The van der Waals surface area contributed by atoms with Crippen molar-refractivity contribution in [2.75, 3.05) is 5.32 Å².